The molecule has 2 aromatic rings. The number of aryl methyl sites for hydroxylation is 1. The van der Waals surface area contributed by atoms with Crippen LogP contribution in [0.1, 0.15) is 45.3 Å². The van der Waals surface area contributed by atoms with Crippen LogP contribution in [-0.2, 0) is 19.1 Å². The highest BCUT2D eigenvalue weighted by Crippen LogP contribution is 2.25. The van der Waals surface area contributed by atoms with Crippen LogP contribution in [0.15, 0.2) is 23.0 Å². The van der Waals surface area contributed by atoms with E-state index in [0.717, 1.165) is 37.3 Å². The smallest absolute Gasteiger partial charge is 0.320 e. The van der Waals surface area contributed by atoms with Crippen molar-refractivity contribution in [2.24, 2.45) is 0 Å². The van der Waals surface area contributed by atoms with Crippen molar-refractivity contribution in [3.63, 3.8) is 0 Å². The van der Waals surface area contributed by atoms with E-state index in [9.17, 15) is 19.2 Å². The van der Waals surface area contributed by atoms with Gasteiger partial charge in [-0.2, -0.15) is 5.10 Å². The van der Waals surface area contributed by atoms with Gasteiger partial charge in [0.2, 0.25) is 5.91 Å². The minimum atomic E-state index is -0.786. The van der Waals surface area contributed by atoms with Gasteiger partial charge in [0.15, 0.2) is 0 Å². The molecule has 34 heavy (non-hydrogen) atoms. The van der Waals surface area contributed by atoms with E-state index >= 15 is 0 Å². The number of nitrogens with one attached hydrogen (secondary N) is 1. The van der Waals surface area contributed by atoms with Crippen LogP contribution < -0.4 is 15.8 Å². The Hall–Kier alpha value is -3.27. The Morgan fingerprint density at radius 2 is 1.82 bits per heavy atom. The summed E-state index contributed by atoms with van der Waals surface area (Å²) >= 11 is 0. The summed E-state index contributed by atoms with van der Waals surface area (Å²) in [6, 6.07) is 4.85. The topological polar surface area (TPSA) is 114 Å². The molecule has 1 aromatic carbocycles. The maximum Gasteiger partial charge on any atom is 0.320 e. The van der Waals surface area contributed by atoms with E-state index in [4.69, 9.17) is 4.74 Å². The normalized spacial score (nSPS) is 19.9. The Morgan fingerprint density at radius 3 is 2.47 bits per heavy atom. The van der Waals surface area contributed by atoms with E-state index in [1.807, 2.05) is 39.8 Å². The molecule has 1 aromatic heterocycles. The van der Waals surface area contributed by atoms with E-state index in [0.29, 0.717) is 11.1 Å². The Labute approximate surface area is 197 Å². The molecule has 2 fully saturated rings. The van der Waals surface area contributed by atoms with Gasteiger partial charge in [-0.15, -0.1) is 0 Å². The number of hydrogen-bond donors (Lipinski definition) is 1. The number of rotatable bonds is 4. The molecule has 10 nitrogen and oxygen atoms in total. The number of esters is 1. The van der Waals surface area contributed by atoms with Crippen molar-refractivity contribution in [3.8, 4) is 0 Å². The Bertz CT molecular complexity index is 1190. The van der Waals surface area contributed by atoms with E-state index in [-0.39, 0.29) is 36.8 Å². The monoisotopic (exact) mass is 469 g/mol. The zero-order valence-corrected chi connectivity index (χ0v) is 20.1. The number of piperidine rings is 1. The first-order valence-corrected chi connectivity index (χ1v) is 11.6. The number of anilines is 1. The van der Waals surface area contributed by atoms with Crippen LogP contribution in [0, 0.1) is 6.92 Å². The average molecular weight is 470 g/mol. The molecule has 3 heterocycles. The summed E-state index contributed by atoms with van der Waals surface area (Å²) in [4.78, 5) is 53.2. The fourth-order valence-corrected chi connectivity index (χ4v) is 4.45. The lowest BCUT2D eigenvalue weighted by Gasteiger charge is -2.36. The Morgan fingerprint density at radius 1 is 1.12 bits per heavy atom. The van der Waals surface area contributed by atoms with E-state index in [1.54, 1.807) is 6.07 Å². The van der Waals surface area contributed by atoms with Crippen LogP contribution in [0.2, 0.25) is 0 Å². The number of benzene rings is 1. The van der Waals surface area contributed by atoms with E-state index < -0.39 is 17.6 Å². The molecule has 1 N–H and O–H groups in total. The lowest BCUT2D eigenvalue weighted by Crippen LogP contribution is -2.48. The summed E-state index contributed by atoms with van der Waals surface area (Å²) in [5.41, 5.74) is 0.785. The third-order valence-corrected chi connectivity index (χ3v) is 6.10. The predicted molar refractivity (Wildman–Crippen MR) is 127 cm³/mol. The van der Waals surface area contributed by atoms with Crippen molar-refractivity contribution >= 4 is 34.2 Å². The van der Waals surface area contributed by atoms with Gasteiger partial charge >= 0.3 is 5.97 Å². The largest absolute Gasteiger partial charge is 0.459 e. The van der Waals surface area contributed by atoms with E-state index in [1.165, 1.54) is 4.68 Å². The molecule has 2 amide bonds. The summed E-state index contributed by atoms with van der Waals surface area (Å²) in [6.07, 6.45) is 0.439. The first-order valence-electron chi connectivity index (χ1n) is 11.6. The number of fused-ring (bicyclic) bond motifs is 1. The summed E-state index contributed by atoms with van der Waals surface area (Å²) in [6.45, 7) is 10.6. The molecular weight excluding hydrogens is 438 g/mol. The lowest BCUT2D eigenvalue weighted by molar-refractivity contribution is -0.156. The molecule has 10 heteroatoms. The number of hydrogen-bond acceptors (Lipinski definition) is 8. The van der Waals surface area contributed by atoms with Crippen molar-refractivity contribution in [1.82, 2.24) is 20.0 Å². The second-order valence-corrected chi connectivity index (χ2v) is 9.88. The number of carbonyl (C=O) groups is 3. The minimum Gasteiger partial charge on any atom is -0.459 e. The minimum absolute atomic E-state index is 0.181. The predicted octanol–water partition coefficient (Wildman–Crippen LogP) is 1.15. The van der Waals surface area contributed by atoms with Gasteiger partial charge < -0.3 is 9.64 Å². The fourth-order valence-electron chi connectivity index (χ4n) is 4.45. The van der Waals surface area contributed by atoms with Crippen LogP contribution in [0.3, 0.4) is 0 Å². The molecule has 1 atom stereocenters. The van der Waals surface area contributed by atoms with Gasteiger partial charge in [0.05, 0.1) is 17.6 Å². The summed E-state index contributed by atoms with van der Waals surface area (Å²) < 4.78 is 6.62. The summed E-state index contributed by atoms with van der Waals surface area (Å²) in [5.74, 6) is -1.05. The first-order chi connectivity index (χ1) is 16.0. The van der Waals surface area contributed by atoms with Gasteiger partial charge in [0.1, 0.15) is 11.6 Å². The van der Waals surface area contributed by atoms with Gasteiger partial charge in [-0.25, -0.2) is 4.68 Å². The molecule has 0 spiro atoms. The number of nitrogens with zero attached hydrogens (tertiary/aromatic N) is 4. The molecule has 2 saturated heterocycles. The van der Waals surface area contributed by atoms with E-state index in [2.05, 4.69) is 20.2 Å². The van der Waals surface area contributed by atoms with Gasteiger partial charge in [-0.05, 0) is 52.3 Å². The maximum absolute atomic E-state index is 13.1. The second kappa shape index (κ2) is 9.17. The third kappa shape index (κ3) is 5.11. The van der Waals surface area contributed by atoms with Crippen LogP contribution in [0.25, 0.3) is 10.8 Å². The number of ether oxygens (including phenoxy) is 1. The third-order valence-electron chi connectivity index (χ3n) is 6.10. The number of imide groups is 1. The molecule has 1 unspecified atom stereocenters. The number of piperazine rings is 1. The van der Waals surface area contributed by atoms with Gasteiger partial charge in [-0.1, -0.05) is 0 Å². The van der Waals surface area contributed by atoms with Crippen molar-refractivity contribution in [3.05, 3.63) is 34.2 Å². The number of aromatic nitrogens is 2. The lowest BCUT2D eigenvalue weighted by atomic mass is 10.1. The maximum atomic E-state index is 13.1. The molecule has 2 aliphatic heterocycles. The Kier molecular flexibility index (Phi) is 6.44. The molecule has 0 aliphatic carbocycles. The first kappa shape index (κ1) is 23.9. The van der Waals surface area contributed by atoms with Crippen LogP contribution in [-0.4, -0.2) is 70.8 Å². The molecule has 0 saturated carbocycles. The highest BCUT2D eigenvalue weighted by Gasteiger charge is 2.30. The van der Waals surface area contributed by atoms with Crippen LogP contribution >= 0.6 is 0 Å². The molecule has 0 radical (unpaired) electrons. The van der Waals surface area contributed by atoms with Gasteiger partial charge in [0.25, 0.3) is 11.5 Å². The standard InChI is InChI=1S/C24H31N5O5/c1-15-18-13-16(28-11-9-27(10-12-28)14-21(31)34-24(2,3)4)5-6-17(18)23(33)29(26-15)19-7-8-20(30)25-22(19)32/h5-6,13,19H,7-12,14H2,1-4H3,(H,25,30,32). The quantitative estimate of drug-likeness (QED) is 0.524. The average Bonchev–Trinajstić information content (AvgIpc) is 2.75. The van der Waals surface area contributed by atoms with Gasteiger partial charge in [-0.3, -0.25) is 29.4 Å². The molecule has 2 aliphatic rings. The zero-order chi connectivity index (χ0) is 24.6. The summed E-state index contributed by atoms with van der Waals surface area (Å²) in [5, 5.41) is 7.93. The molecule has 182 valence electrons. The molecule has 0 bridgehead atoms. The highest BCUT2D eigenvalue weighted by molar-refractivity contribution is 5.99. The van der Waals surface area contributed by atoms with Crippen molar-refractivity contribution in [2.45, 2.75) is 52.2 Å². The molecular formula is C24H31N5O5. The SMILES string of the molecule is Cc1nn(C2CCC(=O)NC2=O)c(=O)c2ccc(N3CCN(CC(=O)OC(C)(C)C)CC3)cc12. The van der Waals surface area contributed by atoms with Crippen molar-refractivity contribution in [1.29, 1.82) is 0 Å². The van der Waals surface area contributed by atoms with Crippen LogP contribution in [0.5, 0.6) is 0 Å². The second-order valence-electron chi connectivity index (χ2n) is 9.88. The van der Waals surface area contributed by atoms with Crippen molar-refractivity contribution < 1.29 is 19.1 Å². The van der Waals surface area contributed by atoms with Crippen LogP contribution in [0.4, 0.5) is 5.69 Å². The summed E-state index contributed by atoms with van der Waals surface area (Å²) in [7, 11) is 0. The van der Waals surface area contributed by atoms with Gasteiger partial charge in [0, 0.05) is 43.7 Å². The van der Waals surface area contributed by atoms with Crippen molar-refractivity contribution in [2.75, 3.05) is 37.6 Å². The highest BCUT2D eigenvalue weighted by atomic mass is 16.6. The fraction of sp³-hybridized carbons (Fsp3) is 0.542. The number of amides is 2. The Balaban J connectivity index is 1.49. The number of carbonyl (C=O) groups excluding carboxylic acids is 3. The zero-order valence-electron chi connectivity index (χ0n) is 20.1. The molecule has 4 rings (SSSR count).